The molecule has 104 valence electrons. The van der Waals surface area contributed by atoms with Gasteiger partial charge < -0.3 is 5.73 Å². The molecule has 1 aliphatic heterocycles. The monoisotopic (exact) mass is 292 g/mol. The predicted molar refractivity (Wildman–Crippen MR) is 73.7 cm³/mol. The normalized spacial score (nSPS) is 15.2. The van der Waals surface area contributed by atoms with Crippen LogP contribution in [0, 0.1) is 5.82 Å². The molecule has 6 heteroatoms. The minimum absolute atomic E-state index is 0.0294. The van der Waals surface area contributed by atoms with Crippen molar-refractivity contribution < 1.29 is 12.8 Å². The molecular weight excluding hydrogens is 279 g/mol. The molecule has 1 aliphatic rings. The number of anilines is 1. The summed E-state index contributed by atoms with van der Waals surface area (Å²) in [7, 11) is -3.69. The van der Waals surface area contributed by atoms with Crippen LogP contribution in [-0.2, 0) is 23.1 Å². The van der Waals surface area contributed by atoms with E-state index in [1.165, 1.54) is 22.5 Å². The number of sulfonamides is 1. The van der Waals surface area contributed by atoms with Gasteiger partial charge in [-0.05, 0) is 41.5 Å². The summed E-state index contributed by atoms with van der Waals surface area (Å²) in [6, 6.07) is 10.4. The molecule has 0 unspecified atom stereocenters. The zero-order chi connectivity index (χ0) is 14.3. The van der Waals surface area contributed by atoms with E-state index in [4.69, 9.17) is 5.73 Å². The van der Waals surface area contributed by atoms with E-state index < -0.39 is 15.8 Å². The van der Waals surface area contributed by atoms with Gasteiger partial charge in [0, 0.05) is 18.8 Å². The number of hydrogen-bond acceptors (Lipinski definition) is 3. The number of nitrogens with zero attached hydrogens (tertiary/aromatic N) is 1. The van der Waals surface area contributed by atoms with Gasteiger partial charge in [-0.3, -0.25) is 0 Å². The van der Waals surface area contributed by atoms with Crippen molar-refractivity contribution in [1.82, 2.24) is 4.31 Å². The highest BCUT2D eigenvalue weighted by Gasteiger charge is 2.30. The highest BCUT2D eigenvalue weighted by molar-refractivity contribution is 7.89. The van der Waals surface area contributed by atoms with Crippen LogP contribution in [0.5, 0.6) is 0 Å². The molecule has 0 spiro atoms. The summed E-state index contributed by atoms with van der Waals surface area (Å²) in [6.45, 7) is 0.549. The van der Waals surface area contributed by atoms with E-state index >= 15 is 0 Å². The fourth-order valence-electron chi connectivity index (χ4n) is 2.33. The van der Waals surface area contributed by atoms with Gasteiger partial charge in [0.1, 0.15) is 5.82 Å². The Morgan fingerprint density at radius 2 is 1.80 bits per heavy atom. The van der Waals surface area contributed by atoms with Crippen LogP contribution < -0.4 is 5.73 Å². The number of benzene rings is 2. The Labute approximate surface area is 116 Å². The van der Waals surface area contributed by atoms with Crippen LogP contribution in [0.2, 0.25) is 0 Å². The lowest BCUT2D eigenvalue weighted by molar-refractivity contribution is 0.431. The van der Waals surface area contributed by atoms with Crippen LogP contribution in [0.4, 0.5) is 10.1 Å². The molecule has 0 fully saturated rings. The minimum atomic E-state index is -3.69. The zero-order valence-electron chi connectivity index (χ0n) is 10.6. The third-order valence-corrected chi connectivity index (χ3v) is 5.15. The van der Waals surface area contributed by atoms with Crippen LogP contribution in [-0.4, -0.2) is 12.7 Å². The molecule has 2 N–H and O–H groups in total. The van der Waals surface area contributed by atoms with Crippen molar-refractivity contribution in [2.24, 2.45) is 0 Å². The number of nitrogen functional groups attached to an aromatic ring is 1. The summed E-state index contributed by atoms with van der Waals surface area (Å²) in [5.74, 6) is -0.563. The van der Waals surface area contributed by atoms with Gasteiger partial charge in [-0.2, -0.15) is 4.31 Å². The van der Waals surface area contributed by atoms with Crippen LogP contribution in [0.1, 0.15) is 11.1 Å². The smallest absolute Gasteiger partial charge is 0.243 e. The van der Waals surface area contributed by atoms with Crippen molar-refractivity contribution in [1.29, 1.82) is 0 Å². The largest absolute Gasteiger partial charge is 0.399 e. The maximum atomic E-state index is 13.2. The van der Waals surface area contributed by atoms with Crippen LogP contribution in [0.25, 0.3) is 0 Å². The second-order valence-corrected chi connectivity index (χ2v) is 6.70. The number of hydrogen-bond donors (Lipinski definition) is 1. The number of fused-ring (bicyclic) bond motifs is 1. The van der Waals surface area contributed by atoms with E-state index in [1.807, 2.05) is 6.07 Å². The lowest BCUT2D eigenvalue weighted by Gasteiger charge is -2.15. The first-order valence-electron chi connectivity index (χ1n) is 6.10. The fraction of sp³-hybridized carbons (Fsp3) is 0.143. The Hall–Kier alpha value is -1.92. The quantitative estimate of drug-likeness (QED) is 0.862. The van der Waals surface area contributed by atoms with Gasteiger partial charge in [0.25, 0.3) is 0 Å². The maximum absolute atomic E-state index is 13.2. The summed E-state index contributed by atoms with van der Waals surface area (Å²) in [5, 5.41) is 0. The molecule has 0 atom stereocenters. The van der Waals surface area contributed by atoms with Gasteiger partial charge in [-0.1, -0.05) is 12.1 Å². The van der Waals surface area contributed by atoms with Crippen LogP contribution >= 0.6 is 0 Å². The van der Waals surface area contributed by atoms with E-state index in [2.05, 4.69) is 0 Å². The average molecular weight is 292 g/mol. The standard InChI is InChI=1S/C14H13FN2O2S/c15-12-2-1-3-14(7-12)20(18,19)17-8-10-4-5-13(16)6-11(10)9-17/h1-7H,8-9,16H2. The van der Waals surface area contributed by atoms with Crippen molar-refractivity contribution in [2.75, 3.05) is 5.73 Å². The van der Waals surface area contributed by atoms with Gasteiger partial charge in [-0.15, -0.1) is 0 Å². The fourth-order valence-corrected chi connectivity index (χ4v) is 3.76. The lowest BCUT2D eigenvalue weighted by atomic mass is 10.1. The third kappa shape index (κ3) is 2.17. The molecule has 0 bridgehead atoms. The van der Waals surface area contributed by atoms with E-state index in [1.54, 1.807) is 12.1 Å². The average Bonchev–Trinajstić information content (AvgIpc) is 2.82. The number of nitrogens with two attached hydrogens (primary N) is 1. The summed E-state index contributed by atoms with van der Waals surface area (Å²) in [5.41, 5.74) is 8.13. The van der Waals surface area contributed by atoms with Crippen LogP contribution in [0.15, 0.2) is 47.4 Å². The second kappa shape index (κ2) is 4.57. The van der Waals surface area contributed by atoms with E-state index in [-0.39, 0.29) is 18.0 Å². The van der Waals surface area contributed by atoms with Crippen molar-refractivity contribution in [3.63, 3.8) is 0 Å². The summed E-state index contributed by atoms with van der Waals surface area (Å²) in [4.78, 5) is -0.0294. The van der Waals surface area contributed by atoms with Gasteiger partial charge in [0.05, 0.1) is 4.90 Å². The molecule has 0 aliphatic carbocycles. The third-order valence-electron chi connectivity index (χ3n) is 3.36. The summed E-state index contributed by atoms with van der Waals surface area (Å²) < 4.78 is 39.5. The lowest BCUT2D eigenvalue weighted by Crippen LogP contribution is -2.25. The molecule has 1 heterocycles. The van der Waals surface area contributed by atoms with Crippen molar-refractivity contribution >= 4 is 15.7 Å². The Balaban J connectivity index is 1.95. The summed E-state index contributed by atoms with van der Waals surface area (Å²) >= 11 is 0. The van der Waals surface area contributed by atoms with Gasteiger partial charge in [0.15, 0.2) is 0 Å². The first kappa shape index (κ1) is 13.1. The van der Waals surface area contributed by atoms with Crippen molar-refractivity contribution in [3.05, 3.63) is 59.4 Å². The van der Waals surface area contributed by atoms with Gasteiger partial charge >= 0.3 is 0 Å². The Kier molecular flexibility index (Phi) is 2.99. The second-order valence-electron chi connectivity index (χ2n) is 4.76. The number of rotatable bonds is 2. The Morgan fingerprint density at radius 3 is 2.55 bits per heavy atom. The molecule has 0 radical (unpaired) electrons. The Morgan fingerprint density at radius 1 is 1.05 bits per heavy atom. The highest BCUT2D eigenvalue weighted by atomic mass is 32.2. The molecular formula is C14H13FN2O2S. The van der Waals surface area contributed by atoms with E-state index in [0.29, 0.717) is 5.69 Å². The maximum Gasteiger partial charge on any atom is 0.243 e. The molecule has 4 nitrogen and oxygen atoms in total. The zero-order valence-corrected chi connectivity index (χ0v) is 11.4. The first-order chi connectivity index (χ1) is 9.46. The topological polar surface area (TPSA) is 63.4 Å². The van der Waals surface area contributed by atoms with Crippen molar-refractivity contribution in [3.8, 4) is 0 Å². The number of halogens is 1. The highest BCUT2D eigenvalue weighted by Crippen LogP contribution is 2.29. The molecule has 0 amide bonds. The molecule has 3 rings (SSSR count). The van der Waals surface area contributed by atoms with Crippen LogP contribution in [0.3, 0.4) is 0 Å². The Bertz CT molecular complexity index is 774. The SMILES string of the molecule is Nc1ccc2c(c1)CN(S(=O)(=O)c1cccc(F)c1)C2. The van der Waals surface area contributed by atoms with Gasteiger partial charge in [0.2, 0.25) is 10.0 Å². The molecule has 0 saturated carbocycles. The molecule has 0 saturated heterocycles. The van der Waals surface area contributed by atoms with E-state index in [0.717, 1.165) is 17.2 Å². The first-order valence-corrected chi connectivity index (χ1v) is 7.54. The van der Waals surface area contributed by atoms with E-state index in [9.17, 15) is 12.8 Å². The molecule has 20 heavy (non-hydrogen) atoms. The molecule has 2 aromatic carbocycles. The minimum Gasteiger partial charge on any atom is -0.399 e. The summed E-state index contributed by atoms with van der Waals surface area (Å²) in [6.07, 6.45) is 0. The predicted octanol–water partition coefficient (Wildman–Crippen LogP) is 2.11. The van der Waals surface area contributed by atoms with Gasteiger partial charge in [-0.25, -0.2) is 12.8 Å². The molecule has 2 aromatic rings. The van der Waals surface area contributed by atoms with Crippen molar-refractivity contribution in [2.45, 2.75) is 18.0 Å². The molecule has 0 aromatic heterocycles.